The number of pyridine rings is 2. The Kier molecular flexibility index (Phi) is 9.31. The number of urea groups is 1. The highest BCUT2D eigenvalue weighted by Gasteiger charge is 2.41. The van der Waals surface area contributed by atoms with E-state index in [1.807, 2.05) is 10.9 Å². The molecule has 0 bridgehead atoms. The van der Waals surface area contributed by atoms with Crippen molar-refractivity contribution in [1.82, 2.24) is 30.0 Å². The van der Waals surface area contributed by atoms with Gasteiger partial charge in [0.2, 0.25) is 5.91 Å². The standard InChI is InChI=1S/C39H35F5N8O3/c40-38(41)22-50(14-12-30(38)24-6-10-29-25(16-24)18-45-19-33(29)51-15-13-35(53)48-37(51)55)20-23-4-8-28(9-5-23)52-21-26-17-27(7-11-31(26)49-52)46-36(54)32-2-1-3-34(47-32)39(42,43)44/h1-3,6-7,10-12,16-19,21,23,28H,4-5,8-9,13-15,20,22H2,(H,46,54)(H,48,53,55). The lowest BCUT2D eigenvalue weighted by molar-refractivity contribution is -0.141. The molecule has 8 rings (SSSR count). The lowest BCUT2D eigenvalue weighted by Gasteiger charge is -2.37. The van der Waals surface area contributed by atoms with Crippen LogP contribution in [0.15, 0.2) is 79.3 Å². The molecule has 16 heteroatoms. The van der Waals surface area contributed by atoms with Gasteiger partial charge >= 0.3 is 12.2 Å². The van der Waals surface area contributed by atoms with E-state index >= 15 is 8.78 Å². The van der Waals surface area contributed by atoms with Crippen LogP contribution < -0.4 is 15.5 Å². The van der Waals surface area contributed by atoms with Crippen LogP contribution in [0.25, 0.3) is 27.2 Å². The van der Waals surface area contributed by atoms with E-state index < -0.39 is 36.3 Å². The Bertz CT molecular complexity index is 2350. The highest BCUT2D eigenvalue weighted by molar-refractivity contribution is 6.10. The van der Waals surface area contributed by atoms with Crippen molar-refractivity contribution in [2.75, 3.05) is 36.4 Å². The van der Waals surface area contributed by atoms with Crippen molar-refractivity contribution in [2.24, 2.45) is 5.92 Å². The first-order chi connectivity index (χ1) is 26.3. The van der Waals surface area contributed by atoms with E-state index in [9.17, 15) is 27.6 Å². The van der Waals surface area contributed by atoms with Gasteiger partial charge in [-0.1, -0.05) is 24.3 Å². The van der Waals surface area contributed by atoms with Gasteiger partial charge in [0.05, 0.1) is 30.0 Å². The number of fused-ring (bicyclic) bond motifs is 2. The van der Waals surface area contributed by atoms with E-state index in [4.69, 9.17) is 5.10 Å². The fourth-order valence-electron chi connectivity index (χ4n) is 7.79. The third kappa shape index (κ3) is 7.50. The number of hydrogen-bond acceptors (Lipinski definition) is 7. The van der Waals surface area contributed by atoms with Gasteiger partial charge in [0, 0.05) is 65.9 Å². The largest absolute Gasteiger partial charge is 0.433 e. The van der Waals surface area contributed by atoms with Gasteiger partial charge in [-0.25, -0.2) is 9.78 Å². The number of aromatic nitrogens is 4. The van der Waals surface area contributed by atoms with Crippen LogP contribution in [0.1, 0.15) is 59.9 Å². The summed E-state index contributed by atoms with van der Waals surface area (Å²) in [5, 5.41) is 11.7. The molecule has 55 heavy (non-hydrogen) atoms. The van der Waals surface area contributed by atoms with Crippen LogP contribution >= 0.6 is 0 Å². The van der Waals surface area contributed by atoms with Crippen molar-refractivity contribution >= 4 is 56.5 Å². The van der Waals surface area contributed by atoms with Gasteiger partial charge in [0.15, 0.2) is 0 Å². The molecule has 1 saturated heterocycles. The lowest BCUT2D eigenvalue weighted by Crippen LogP contribution is -2.49. The summed E-state index contributed by atoms with van der Waals surface area (Å²) in [6, 6.07) is 12.8. The van der Waals surface area contributed by atoms with E-state index in [0.29, 0.717) is 46.3 Å². The molecule has 3 aromatic heterocycles. The number of amides is 4. The molecule has 284 valence electrons. The Morgan fingerprint density at radius 3 is 2.56 bits per heavy atom. The average molecular weight is 759 g/mol. The second-order valence-corrected chi connectivity index (χ2v) is 14.3. The molecule has 5 heterocycles. The predicted octanol–water partition coefficient (Wildman–Crippen LogP) is 7.46. The highest BCUT2D eigenvalue weighted by Crippen LogP contribution is 2.40. The minimum absolute atomic E-state index is 0.0399. The summed E-state index contributed by atoms with van der Waals surface area (Å²) in [6.07, 6.45) is 5.39. The minimum Gasteiger partial charge on any atom is -0.321 e. The monoisotopic (exact) mass is 758 g/mol. The maximum atomic E-state index is 15.7. The van der Waals surface area contributed by atoms with Crippen LogP contribution in [0.5, 0.6) is 0 Å². The van der Waals surface area contributed by atoms with Crippen molar-refractivity contribution < 1.29 is 36.3 Å². The van der Waals surface area contributed by atoms with Gasteiger partial charge in [0.25, 0.3) is 11.8 Å². The van der Waals surface area contributed by atoms with Gasteiger partial charge in [0.1, 0.15) is 11.4 Å². The van der Waals surface area contributed by atoms with Crippen molar-refractivity contribution in [3.8, 4) is 0 Å². The van der Waals surface area contributed by atoms with E-state index in [-0.39, 0.29) is 42.1 Å². The summed E-state index contributed by atoms with van der Waals surface area (Å²) in [4.78, 5) is 47.6. The first-order valence-corrected chi connectivity index (χ1v) is 18.0. The van der Waals surface area contributed by atoms with Crippen LogP contribution in [0.4, 0.5) is 38.1 Å². The van der Waals surface area contributed by atoms with E-state index in [0.717, 1.165) is 43.2 Å². The van der Waals surface area contributed by atoms with Crippen LogP contribution in [0.3, 0.4) is 0 Å². The molecule has 2 aromatic carbocycles. The van der Waals surface area contributed by atoms with Gasteiger partial charge in [-0.3, -0.25) is 34.4 Å². The Morgan fingerprint density at radius 1 is 0.982 bits per heavy atom. The Morgan fingerprint density at radius 2 is 1.80 bits per heavy atom. The zero-order valence-corrected chi connectivity index (χ0v) is 29.3. The van der Waals surface area contributed by atoms with Crippen molar-refractivity contribution in [3.05, 3.63) is 96.2 Å². The van der Waals surface area contributed by atoms with Gasteiger partial charge in [-0.15, -0.1) is 0 Å². The zero-order valence-electron chi connectivity index (χ0n) is 29.3. The molecule has 2 fully saturated rings. The number of hydrogen-bond donors (Lipinski definition) is 2. The quantitative estimate of drug-likeness (QED) is 0.165. The molecule has 1 saturated carbocycles. The molecule has 2 aliphatic heterocycles. The predicted molar refractivity (Wildman–Crippen MR) is 195 cm³/mol. The van der Waals surface area contributed by atoms with Crippen molar-refractivity contribution in [1.29, 1.82) is 0 Å². The number of rotatable bonds is 7. The molecule has 1 aliphatic carbocycles. The van der Waals surface area contributed by atoms with Gasteiger partial charge in [-0.05, 0) is 73.6 Å². The molecule has 5 aromatic rings. The normalized spacial score (nSPS) is 20.7. The molecule has 2 N–H and O–H groups in total. The average Bonchev–Trinajstić information content (AvgIpc) is 3.58. The van der Waals surface area contributed by atoms with Gasteiger partial charge in [-0.2, -0.15) is 27.1 Å². The number of carbonyl (C=O) groups excluding carboxylic acids is 3. The lowest BCUT2D eigenvalue weighted by atomic mass is 9.85. The molecule has 0 unspecified atom stereocenters. The summed E-state index contributed by atoms with van der Waals surface area (Å²) in [7, 11) is 0. The number of nitrogens with one attached hydrogen (secondary N) is 2. The number of carbonyl (C=O) groups is 3. The molecule has 4 amide bonds. The van der Waals surface area contributed by atoms with Crippen LogP contribution in [0.2, 0.25) is 0 Å². The summed E-state index contributed by atoms with van der Waals surface area (Å²) in [5.41, 5.74) is 0.456. The Balaban J connectivity index is 0.878. The van der Waals surface area contributed by atoms with E-state index in [2.05, 4.69) is 20.6 Å². The number of nitrogens with zero attached hydrogens (tertiary/aromatic N) is 6. The van der Waals surface area contributed by atoms with E-state index in [1.54, 1.807) is 53.6 Å². The number of imide groups is 1. The maximum Gasteiger partial charge on any atom is 0.433 e. The molecule has 11 nitrogen and oxygen atoms in total. The first kappa shape index (κ1) is 36.2. The SMILES string of the molecule is O=C1CCN(c2cncc3cc(C4=CCN(CC5CCC(n6cc7cc(NC(=O)c8cccc(C(F)(F)F)n8)ccc7n6)CC5)CC4(F)F)ccc23)C(=O)N1. The molecule has 0 atom stereocenters. The van der Waals surface area contributed by atoms with E-state index in [1.165, 1.54) is 17.2 Å². The summed E-state index contributed by atoms with van der Waals surface area (Å²) in [5.74, 6) is -3.96. The molecule has 0 radical (unpaired) electrons. The third-order valence-corrected chi connectivity index (χ3v) is 10.5. The first-order valence-electron chi connectivity index (χ1n) is 18.0. The number of halogens is 5. The topological polar surface area (TPSA) is 125 Å². The summed E-state index contributed by atoms with van der Waals surface area (Å²) < 4.78 is 72.6. The maximum absolute atomic E-state index is 15.7. The zero-order chi connectivity index (χ0) is 38.5. The van der Waals surface area contributed by atoms with Crippen LogP contribution in [-0.2, 0) is 11.0 Å². The minimum atomic E-state index is -4.67. The molecular formula is C39H35F5N8O3. The van der Waals surface area contributed by atoms with Crippen molar-refractivity contribution in [3.63, 3.8) is 0 Å². The number of anilines is 2. The molecule has 3 aliphatic rings. The second-order valence-electron chi connectivity index (χ2n) is 14.3. The fourth-order valence-corrected chi connectivity index (χ4v) is 7.79. The van der Waals surface area contributed by atoms with Crippen molar-refractivity contribution in [2.45, 2.75) is 50.2 Å². The molecule has 0 spiro atoms. The Hall–Kier alpha value is -5.77. The third-order valence-electron chi connectivity index (χ3n) is 10.5. The number of benzene rings is 2. The van der Waals surface area contributed by atoms with Gasteiger partial charge < -0.3 is 5.32 Å². The summed E-state index contributed by atoms with van der Waals surface area (Å²) >= 11 is 0. The fraction of sp³-hybridized carbons (Fsp3) is 0.333. The second kappa shape index (κ2) is 14.1. The smallest absolute Gasteiger partial charge is 0.321 e. The van der Waals surface area contributed by atoms with Crippen LogP contribution in [0, 0.1) is 5.92 Å². The highest BCUT2D eigenvalue weighted by atomic mass is 19.4. The number of alkyl halides is 5. The molecular weight excluding hydrogens is 723 g/mol. The van der Waals surface area contributed by atoms with Crippen LogP contribution in [-0.4, -0.2) is 74.6 Å². The summed E-state index contributed by atoms with van der Waals surface area (Å²) in [6.45, 7) is 0.734. The Labute approximate surface area is 311 Å².